The molecule has 1 aliphatic carbocycles. The highest BCUT2D eigenvalue weighted by atomic mass is 32.2. The molecule has 2 atom stereocenters. The third-order valence-corrected chi connectivity index (χ3v) is 4.65. The summed E-state index contributed by atoms with van der Waals surface area (Å²) in [6, 6.07) is 1.70. The van der Waals surface area contributed by atoms with Gasteiger partial charge in [0.25, 0.3) is 0 Å². The average Bonchev–Trinajstić information content (AvgIpc) is 3.02. The molecule has 1 saturated carbocycles. The van der Waals surface area contributed by atoms with Gasteiger partial charge in [-0.1, -0.05) is 6.92 Å². The van der Waals surface area contributed by atoms with Gasteiger partial charge < -0.3 is 5.32 Å². The van der Waals surface area contributed by atoms with Crippen LogP contribution in [-0.4, -0.2) is 48.6 Å². The summed E-state index contributed by atoms with van der Waals surface area (Å²) in [5.41, 5.74) is 0. The minimum atomic E-state index is 0.820. The van der Waals surface area contributed by atoms with Gasteiger partial charge in [-0.25, -0.2) is 0 Å². The van der Waals surface area contributed by atoms with Gasteiger partial charge in [0, 0.05) is 24.4 Å². The van der Waals surface area contributed by atoms with E-state index in [2.05, 4.69) is 23.4 Å². The maximum atomic E-state index is 3.68. The molecule has 0 amide bonds. The SMILES string of the molecule is CCC(CSC)N1CCC(CNC2CC2)C1. The highest BCUT2D eigenvalue weighted by Crippen LogP contribution is 2.23. The highest BCUT2D eigenvalue weighted by Gasteiger charge is 2.28. The topological polar surface area (TPSA) is 15.3 Å². The second-order valence-electron chi connectivity index (χ2n) is 5.35. The third-order valence-electron chi connectivity index (χ3n) is 3.94. The van der Waals surface area contributed by atoms with Crippen LogP contribution in [0, 0.1) is 5.92 Å². The second kappa shape index (κ2) is 6.27. The Morgan fingerprint density at radius 1 is 1.38 bits per heavy atom. The fraction of sp³-hybridized carbons (Fsp3) is 1.00. The van der Waals surface area contributed by atoms with Gasteiger partial charge in [0.05, 0.1) is 0 Å². The molecule has 3 heteroatoms. The lowest BCUT2D eigenvalue weighted by Crippen LogP contribution is -2.36. The first-order valence-corrected chi connectivity index (χ1v) is 8.19. The minimum absolute atomic E-state index is 0.820. The van der Waals surface area contributed by atoms with E-state index >= 15 is 0 Å². The van der Waals surface area contributed by atoms with Crippen molar-refractivity contribution < 1.29 is 0 Å². The summed E-state index contributed by atoms with van der Waals surface area (Å²) < 4.78 is 0. The predicted octanol–water partition coefficient (Wildman–Crippen LogP) is 2.20. The molecule has 0 spiro atoms. The van der Waals surface area contributed by atoms with Crippen LogP contribution in [0.2, 0.25) is 0 Å². The zero-order chi connectivity index (χ0) is 11.4. The summed E-state index contributed by atoms with van der Waals surface area (Å²) in [7, 11) is 0. The number of rotatable bonds is 7. The Bertz CT molecular complexity index is 206. The van der Waals surface area contributed by atoms with Gasteiger partial charge in [-0.05, 0) is 50.9 Å². The molecular formula is C13H26N2S. The largest absolute Gasteiger partial charge is 0.314 e. The molecule has 0 aromatic heterocycles. The number of thioether (sulfide) groups is 1. The Labute approximate surface area is 105 Å². The van der Waals surface area contributed by atoms with E-state index in [4.69, 9.17) is 0 Å². The minimum Gasteiger partial charge on any atom is -0.314 e. The number of hydrogen-bond acceptors (Lipinski definition) is 3. The third kappa shape index (κ3) is 3.64. The summed E-state index contributed by atoms with van der Waals surface area (Å²) in [5.74, 6) is 2.22. The molecule has 0 radical (unpaired) electrons. The summed E-state index contributed by atoms with van der Waals surface area (Å²) in [4.78, 5) is 2.72. The van der Waals surface area contributed by atoms with Crippen LogP contribution in [0.3, 0.4) is 0 Å². The van der Waals surface area contributed by atoms with Crippen LogP contribution in [-0.2, 0) is 0 Å². The van der Waals surface area contributed by atoms with Crippen LogP contribution < -0.4 is 5.32 Å². The fourth-order valence-corrected chi connectivity index (χ4v) is 3.49. The van der Waals surface area contributed by atoms with Crippen LogP contribution in [0.1, 0.15) is 32.6 Å². The molecule has 1 saturated heterocycles. The Morgan fingerprint density at radius 3 is 2.81 bits per heavy atom. The molecule has 1 aliphatic heterocycles. The first kappa shape index (κ1) is 12.7. The van der Waals surface area contributed by atoms with E-state index < -0.39 is 0 Å². The Balaban J connectivity index is 1.68. The smallest absolute Gasteiger partial charge is 0.0183 e. The van der Waals surface area contributed by atoms with Crippen LogP contribution in [0.25, 0.3) is 0 Å². The van der Waals surface area contributed by atoms with E-state index in [1.165, 1.54) is 51.1 Å². The van der Waals surface area contributed by atoms with Crippen molar-refractivity contribution in [3.63, 3.8) is 0 Å². The predicted molar refractivity (Wildman–Crippen MR) is 73.2 cm³/mol. The highest BCUT2D eigenvalue weighted by molar-refractivity contribution is 7.98. The number of likely N-dealkylation sites (tertiary alicyclic amines) is 1. The van der Waals surface area contributed by atoms with Gasteiger partial charge in [0.15, 0.2) is 0 Å². The monoisotopic (exact) mass is 242 g/mol. The Kier molecular flexibility index (Phi) is 4.98. The Morgan fingerprint density at radius 2 is 2.19 bits per heavy atom. The van der Waals surface area contributed by atoms with Crippen molar-refractivity contribution in [2.75, 3.05) is 31.6 Å². The van der Waals surface area contributed by atoms with Crippen molar-refractivity contribution in [1.82, 2.24) is 10.2 Å². The van der Waals surface area contributed by atoms with Crippen LogP contribution in [0.15, 0.2) is 0 Å². The lowest BCUT2D eigenvalue weighted by atomic mass is 10.1. The molecular weight excluding hydrogens is 216 g/mol. The van der Waals surface area contributed by atoms with Gasteiger partial charge >= 0.3 is 0 Å². The van der Waals surface area contributed by atoms with Gasteiger partial charge in [-0.15, -0.1) is 0 Å². The maximum absolute atomic E-state index is 3.68. The Hall–Kier alpha value is 0.270. The maximum Gasteiger partial charge on any atom is 0.0183 e. The van der Waals surface area contributed by atoms with Crippen molar-refractivity contribution in [3.05, 3.63) is 0 Å². The van der Waals surface area contributed by atoms with E-state index in [-0.39, 0.29) is 0 Å². The van der Waals surface area contributed by atoms with Gasteiger partial charge in [-0.3, -0.25) is 4.90 Å². The van der Waals surface area contributed by atoms with Crippen molar-refractivity contribution >= 4 is 11.8 Å². The standard InChI is InChI=1S/C13H26N2S/c1-3-13(10-16-2)15-7-6-11(9-15)8-14-12-4-5-12/h11-14H,3-10H2,1-2H3. The van der Waals surface area contributed by atoms with E-state index in [0.717, 1.165) is 18.0 Å². The molecule has 0 aromatic rings. The van der Waals surface area contributed by atoms with Crippen LogP contribution in [0.5, 0.6) is 0 Å². The van der Waals surface area contributed by atoms with Gasteiger partial charge in [0.2, 0.25) is 0 Å². The zero-order valence-electron chi connectivity index (χ0n) is 10.7. The van der Waals surface area contributed by atoms with E-state index in [9.17, 15) is 0 Å². The fourth-order valence-electron chi connectivity index (χ4n) is 2.66. The average molecular weight is 242 g/mol. The zero-order valence-corrected chi connectivity index (χ0v) is 11.6. The summed E-state index contributed by atoms with van der Waals surface area (Å²) >= 11 is 1.99. The summed E-state index contributed by atoms with van der Waals surface area (Å²) in [6.07, 6.45) is 7.78. The van der Waals surface area contributed by atoms with Crippen molar-refractivity contribution in [1.29, 1.82) is 0 Å². The van der Waals surface area contributed by atoms with Crippen LogP contribution in [0.4, 0.5) is 0 Å². The lowest BCUT2D eigenvalue weighted by molar-refractivity contribution is 0.246. The first-order chi connectivity index (χ1) is 7.83. The molecule has 2 unspecified atom stereocenters. The molecule has 16 heavy (non-hydrogen) atoms. The molecule has 0 aromatic carbocycles. The molecule has 94 valence electrons. The second-order valence-corrected chi connectivity index (χ2v) is 6.26. The molecule has 1 heterocycles. The van der Waals surface area contributed by atoms with E-state index in [1.807, 2.05) is 11.8 Å². The first-order valence-electron chi connectivity index (χ1n) is 6.79. The molecule has 2 nitrogen and oxygen atoms in total. The summed E-state index contributed by atoms with van der Waals surface area (Å²) in [5, 5.41) is 3.68. The van der Waals surface area contributed by atoms with Crippen molar-refractivity contribution in [2.45, 2.75) is 44.7 Å². The molecule has 0 bridgehead atoms. The normalized spacial score (nSPS) is 28.5. The van der Waals surface area contributed by atoms with E-state index in [1.54, 1.807) is 0 Å². The van der Waals surface area contributed by atoms with Crippen molar-refractivity contribution in [3.8, 4) is 0 Å². The van der Waals surface area contributed by atoms with Gasteiger partial charge in [-0.2, -0.15) is 11.8 Å². The van der Waals surface area contributed by atoms with Crippen LogP contribution >= 0.6 is 11.8 Å². The molecule has 1 N–H and O–H groups in total. The molecule has 2 rings (SSSR count). The summed E-state index contributed by atoms with van der Waals surface area (Å²) in [6.45, 7) is 6.25. The quantitative estimate of drug-likeness (QED) is 0.737. The number of nitrogens with one attached hydrogen (secondary N) is 1. The number of hydrogen-bond donors (Lipinski definition) is 1. The molecule has 2 fully saturated rings. The molecule has 2 aliphatic rings. The van der Waals surface area contributed by atoms with Crippen molar-refractivity contribution in [2.24, 2.45) is 5.92 Å². The lowest BCUT2D eigenvalue weighted by Gasteiger charge is -2.26. The van der Waals surface area contributed by atoms with E-state index in [0.29, 0.717) is 0 Å². The number of nitrogens with zero attached hydrogens (tertiary/aromatic N) is 1. The van der Waals surface area contributed by atoms with Gasteiger partial charge in [0.1, 0.15) is 0 Å².